The van der Waals surface area contributed by atoms with E-state index in [0.29, 0.717) is 0 Å². The third-order valence-electron chi connectivity index (χ3n) is 3.22. The predicted octanol–water partition coefficient (Wildman–Crippen LogP) is -2.19. The summed E-state index contributed by atoms with van der Waals surface area (Å²) in [5, 5.41) is 52.9. The van der Waals surface area contributed by atoms with E-state index in [1.54, 1.807) is 0 Å². The number of carboxylic acid groups (broad SMARTS) is 1. The van der Waals surface area contributed by atoms with Gasteiger partial charge in [-0.3, -0.25) is 10.1 Å². The van der Waals surface area contributed by atoms with Crippen molar-refractivity contribution in [1.29, 1.82) is 0 Å². The molecule has 1 aliphatic rings. The Labute approximate surface area is 123 Å². The Morgan fingerprint density at radius 2 is 2.00 bits per heavy atom. The second-order valence-electron chi connectivity index (χ2n) is 4.72. The maximum atomic E-state index is 10.9. The van der Waals surface area contributed by atoms with Crippen molar-refractivity contribution in [2.45, 2.75) is 24.5 Å². The van der Waals surface area contributed by atoms with E-state index in [1.165, 1.54) is 6.07 Å². The molecule has 4 unspecified atom stereocenters. The zero-order chi connectivity index (χ0) is 16.4. The lowest BCUT2D eigenvalue weighted by Crippen LogP contribution is -2.55. The molecule has 1 aromatic carbocycles. The number of carboxylic acids is 1. The van der Waals surface area contributed by atoms with Crippen LogP contribution in [0.4, 0.5) is 11.4 Å². The summed E-state index contributed by atoms with van der Waals surface area (Å²) in [6.45, 7) is -0.241. The first-order chi connectivity index (χ1) is 10.3. The zero-order valence-corrected chi connectivity index (χ0v) is 11.1. The van der Waals surface area contributed by atoms with Gasteiger partial charge in [0.15, 0.2) is 6.23 Å². The van der Waals surface area contributed by atoms with Gasteiger partial charge in [0.2, 0.25) is 0 Å². The molecule has 0 saturated carbocycles. The van der Waals surface area contributed by atoms with Crippen LogP contribution in [0.5, 0.6) is 0 Å². The van der Waals surface area contributed by atoms with Crippen LogP contribution in [-0.4, -0.2) is 57.4 Å². The fraction of sp³-hybridized carbons (Fsp3) is 0.417. The van der Waals surface area contributed by atoms with Gasteiger partial charge in [-0.05, 0) is 12.1 Å². The molecule has 1 heterocycles. The van der Waals surface area contributed by atoms with Crippen molar-refractivity contribution in [3.63, 3.8) is 0 Å². The van der Waals surface area contributed by atoms with E-state index in [0.717, 1.165) is 12.1 Å². The monoisotopic (exact) mass is 313 g/mol. The van der Waals surface area contributed by atoms with Gasteiger partial charge in [-0.1, -0.05) is 0 Å². The molecule has 0 aliphatic carbocycles. The summed E-state index contributed by atoms with van der Waals surface area (Å²) < 4.78 is 5.09. The van der Waals surface area contributed by atoms with E-state index < -0.39 is 46.7 Å². The minimum absolute atomic E-state index is 0.101. The second kappa shape index (κ2) is 6.23. The van der Waals surface area contributed by atoms with Gasteiger partial charge in [-0.25, -0.2) is 0 Å². The quantitative estimate of drug-likeness (QED) is 0.356. The Bertz CT molecular complexity index is 592. The molecule has 4 atom stereocenters. The number of carbonyl (C=O) groups excluding carboxylic acids is 1. The number of nitro groups is 1. The average molecular weight is 313 g/mol. The minimum atomic E-state index is -1.69. The molecule has 0 spiro atoms. The maximum Gasteiger partial charge on any atom is 0.280 e. The number of nitro benzene ring substituents is 1. The topological polar surface area (TPSA) is 165 Å². The van der Waals surface area contributed by atoms with Crippen molar-refractivity contribution >= 4 is 17.3 Å². The maximum absolute atomic E-state index is 10.9. The van der Waals surface area contributed by atoms with Crippen molar-refractivity contribution < 1.29 is 34.9 Å². The SMILES string of the molecule is O=C([O-])c1ccc(NC2OCC(O)C(O)C2O)cc1[N+](=O)[O-]. The van der Waals surface area contributed by atoms with Crippen LogP contribution >= 0.6 is 0 Å². The lowest BCUT2D eigenvalue weighted by Gasteiger charge is -2.35. The first kappa shape index (κ1) is 16.1. The van der Waals surface area contributed by atoms with Gasteiger partial charge >= 0.3 is 0 Å². The minimum Gasteiger partial charge on any atom is -0.545 e. The normalized spacial score (nSPS) is 28.1. The Balaban J connectivity index is 2.22. The molecular weight excluding hydrogens is 300 g/mol. The predicted molar refractivity (Wildman–Crippen MR) is 68.8 cm³/mol. The van der Waals surface area contributed by atoms with Crippen LogP contribution in [0.15, 0.2) is 18.2 Å². The molecule has 22 heavy (non-hydrogen) atoms. The molecule has 0 aromatic heterocycles. The molecule has 10 nitrogen and oxygen atoms in total. The summed E-state index contributed by atoms with van der Waals surface area (Å²) in [7, 11) is 0. The molecule has 2 rings (SSSR count). The highest BCUT2D eigenvalue weighted by atomic mass is 16.6. The summed E-state index contributed by atoms with van der Waals surface area (Å²) in [6, 6.07) is 3.15. The van der Waals surface area contributed by atoms with Crippen molar-refractivity contribution in [1.82, 2.24) is 0 Å². The molecule has 0 radical (unpaired) electrons. The van der Waals surface area contributed by atoms with Gasteiger partial charge in [-0.15, -0.1) is 0 Å². The Morgan fingerprint density at radius 1 is 1.32 bits per heavy atom. The molecule has 4 N–H and O–H groups in total. The van der Waals surface area contributed by atoms with E-state index in [4.69, 9.17) is 4.74 Å². The van der Waals surface area contributed by atoms with E-state index >= 15 is 0 Å². The number of carbonyl (C=O) groups is 1. The Hall–Kier alpha value is -2.27. The van der Waals surface area contributed by atoms with Crippen molar-refractivity contribution in [2.24, 2.45) is 0 Å². The molecule has 1 aliphatic heterocycles. The third kappa shape index (κ3) is 3.14. The van der Waals surface area contributed by atoms with Crippen LogP contribution in [0.1, 0.15) is 10.4 Å². The number of rotatable bonds is 4. The zero-order valence-electron chi connectivity index (χ0n) is 11.1. The van der Waals surface area contributed by atoms with E-state index in [2.05, 4.69) is 5.32 Å². The molecule has 1 fully saturated rings. The molecular formula is C12H13N2O8-. The van der Waals surface area contributed by atoms with Crippen molar-refractivity contribution in [2.75, 3.05) is 11.9 Å². The van der Waals surface area contributed by atoms with Gasteiger partial charge in [0, 0.05) is 11.8 Å². The molecule has 1 saturated heterocycles. The van der Waals surface area contributed by atoms with Crippen LogP contribution in [0.3, 0.4) is 0 Å². The highest BCUT2D eigenvalue weighted by molar-refractivity contribution is 5.91. The first-order valence-electron chi connectivity index (χ1n) is 6.23. The lowest BCUT2D eigenvalue weighted by molar-refractivity contribution is -0.385. The number of benzene rings is 1. The molecule has 120 valence electrons. The van der Waals surface area contributed by atoms with Crippen LogP contribution < -0.4 is 10.4 Å². The fourth-order valence-electron chi connectivity index (χ4n) is 2.04. The number of nitrogens with zero attached hydrogens (tertiary/aromatic N) is 1. The largest absolute Gasteiger partial charge is 0.545 e. The highest BCUT2D eigenvalue weighted by Crippen LogP contribution is 2.25. The number of hydrogen-bond acceptors (Lipinski definition) is 9. The Kier molecular flexibility index (Phi) is 4.56. The summed E-state index contributed by atoms with van der Waals surface area (Å²) in [6.07, 6.45) is -5.28. The first-order valence-corrected chi connectivity index (χ1v) is 6.23. The van der Waals surface area contributed by atoms with Crippen LogP contribution in [-0.2, 0) is 4.74 Å². The molecule has 1 aromatic rings. The van der Waals surface area contributed by atoms with E-state index in [9.17, 15) is 35.3 Å². The van der Waals surface area contributed by atoms with Gasteiger partial charge in [0.25, 0.3) is 5.69 Å². The summed E-state index contributed by atoms with van der Waals surface area (Å²) >= 11 is 0. The van der Waals surface area contributed by atoms with Crippen molar-refractivity contribution in [3.8, 4) is 0 Å². The van der Waals surface area contributed by atoms with Crippen molar-refractivity contribution in [3.05, 3.63) is 33.9 Å². The van der Waals surface area contributed by atoms with Gasteiger partial charge in [0.1, 0.15) is 18.3 Å². The number of aliphatic hydroxyl groups excluding tert-OH is 3. The second-order valence-corrected chi connectivity index (χ2v) is 4.72. The number of aromatic carboxylic acids is 1. The molecule has 0 amide bonds. The number of nitrogens with one attached hydrogen (secondary N) is 1. The van der Waals surface area contributed by atoms with Gasteiger partial charge < -0.3 is 35.3 Å². The lowest BCUT2D eigenvalue weighted by atomic mass is 10.0. The Morgan fingerprint density at radius 3 is 2.59 bits per heavy atom. The molecule has 0 bridgehead atoms. The number of anilines is 1. The summed E-state index contributed by atoms with van der Waals surface area (Å²) in [4.78, 5) is 20.8. The van der Waals surface area contributed by atoms with Gasteiger partial charge in [0.05, 0.1) is 23.1 Å². The average Bonchev–Trinajstić information content (AvgIpc) is 2.47. The van der Waals surface area contributed by atoms with Crippen LogP contribution in [0, 0.1) is 10.1 Å². The summed E-state index contributed by atoms with van der Waals surface area (Å²) in [5.74, 6) is -1.69. The van der Waals surface area contributed by atoms with E-state index in [1.807, 2.05) is 0 Å². The highest BCUT2D eigenvalue weighted by Gasteiger charge is 2.37. The number of aliphatic hydroxyl groups is 3. The third-order valence-corrected chi connectivity index (χ3v) is 3.22. The van der Waals surface area contributed by atoms with Crippen LogP contribution in [0.2, 0.25) is 0 Å². The van der Waals surface area contributed by atoms with E-state index in [-0.39, 0.29) is 12.3 Å². The van der Waals surface area contributed by atoms with Gasteiger partial charge in [-0.2, -0.15) is 0 Å². The summed E-state index contributed by atoms with van der Waals surface area (Å²) in [5.41, 5.74) is -1.17. The number of hydrogen-bond donors (Lipinski definition) is 4. The standard InChI is InChI=1S/C12H14N2O8/c15-8-4-22-11(10(17)9(8)16)13-5-1-2-6(12(18)19)7(3-5)14(20)21/h1-3,8-11,13,15-17H,4H2,(H,18,19)/p-1. The molecule has 10 heteroatoms. The smallest absolute Gasteiger partial charge is 0.280 e. The van der Waals surface area contributed by atoms with Crippen LogP contribution in [0.25, 0.3) is 0 Å². The number of ether oxygens (including phenoxy) is 1. The fourth-order valence-corrected chi connectivity index (χ4v) is 2.04.